The second-order valence-corrected chi connectivity index (χ2v) is 4.26. The molecule has 0 bridgehead atoms. The van der Waals surface area contributed by atoms with Crippen molar-refractivity contribution in [3.8, 4) is 0 Å². The summed E-state index contributed by atoms with van der Waals surface area (Å²) < 4.78 is 12.9. The first-order chi connectivity index (χ1) is 9.08. The highest BCUT2D eigenvalue weighted by molar-refractivity contribution is 5.94. The van der Waals surface area contributed by atoms with Gasteiger partial charge in [0.05, 0.1) is 0 Å². The molecule has 0 amide bonds. The van der Waals surface area contributed by atoms with Crippen molar-refractivity contribution in [1.82, 2.24) is 4.98 Å². The van der Waals surface area contributed by atoms with E-state index in [1.807, 2.05) is 18.0 Å². The molecular weight excluding hydrogens is 243 g/mol. The van der Waals surface area contributed by atoms with Crippen molar-refractivity contribution in [3.05, 3.63) is 59.7 Å². The van der Waals surface area contributed by atoms with Crippen molar-refractivity contribution in [2.75, 3.05) is 11.9 Å². The SMILES string of the molecule is CN(Cc1cccnc1C(=N)N)c1ccc(F)cc1. The molecule has 0 aliphatic heterocycles. The van der Waals surface area contributed by atoms with Gasteiger partial charge in [-0.05, 0) is 30.3 Å². The molecule has 98 valence electrons. The van der Waals surface area contributed by atoms with Crippen LogP contribution in [0.3, 0.4) is 0 Å². The summed E-state index contributed by atoms with van der Waals surface area (Å²) in [5, 5.41) is 7.50. The molecule has 1 aromatic carbocycles. The number of rotatable bonds is 4. The Morgan fingerprint density at radius 1 is 1.32 bits per heavy atom. The summed E-state index contributed by atoms with van der Waals surface area (Å²) in [4.78, 5) is 6.05. The molecule has 2 aromatic rings. The van der Waals surface area contributed by atoms with Crippen LogP contribution in [0.2, 0.25) is 0 Å². The number of halogens is 1. The molecule has 4 nitrogen and oxygen atoms in total. The zero-order valence-electron chi connectivity index (χ0n) is 10.6. The van der Waals surface area contributed by atoms with E-state index < -0.39 is 0 Å². The van der Waals surface area contributed by atoms with Gasteiger partial charge in [0.25, 0.3) is 0 Å². The third kappa shape index (κ3) is 3.07. The van der Waals surface area contributed by atoms with E-state index in [0.717, 1.165) is 11.3 Å². The zero-order valence-corrected chi connectivity index (χ0v) is 10.6. The van der Waals surface area contributed by atoms with Gasteiger partial charge in [-0.25, -0.2) is 4.39 Å². The van der Waals surface area contributed by atoms with Gasteiger partial charge in [-0.15, -0.1) is 0 Å². The number of hydrogen-bond donors (Lipinski definition) is 2. The molecule has 0 fully saturated rings. The number of anilines is 1. The summed E-state index contributed by atoms with van der Waals surface area (Å²) in [6.45, 7) is 0.550. The van der Waals surface area contributed by atoms with Gasteiger partial charge in [0.2, 0.25) is 0 Å². The van der Waals surface area contributed by atoms with Crippen molar-refractivity contribution >= 4 is 11.5 Å². The number of hydrogen-bond acceptors (Lipinski definition) is 3. The van der Waals surface area contributed by atoms with Gasteiger partial charge in [0.1, 0.15) is 17.3 Å². The summed E-state index contributed by atoms with van der Waals surface area (Å²) in [7, 11) is 1.89. The number of nitrogens with two attached hydrogens (primary N) is 1. The van der Waals surface area contributed by atoms with E-state index in [4.69, 9.17) is 11.1 Å². The second-order valence-electron chi connectivity index (χ2n) is 4.26. The van der Waals surface area contributed by atoms with Gasteiger partial charge in [-0.3, -0.25) is 10.4 Å². The van der Waals surface area contributed by atoms with Gasteiger partial charge in [0, 0.05) is 31.0 Å². The summed E-state index contributed by atoms with van der Waals surface area (Å²) >= 11 is 0. The molecule has 0 aliphatic carbocycles. The van der Waals surface area contributed by atoms with Gasteiger partial charge >= 0.3 is 0 Å². The minimum atomic E-state index is -0.261. The fourth-order valence-corrected chi connectivity index (χ4v) is 1.85. The van der Waals surface area contributed by atoms with Crippen LogP contribution in [-0.4, -0.2) is 17.9 Å². The number of aromatic nitrogens is 1. The van der Waals surface area contributed by atoms with E-state index in [1.165, 1.54) is 12.1 Å². The van der Waals surface area contributed by atoms with Crippen LogP contribution >= 0.6 is 0 Å². The molecule has 0 saturated heterocycles. The quantitative estimate of drug-likeness (QED) is 0.652. The topological polar surface area (TPSA) is 66.0 Å². The van der Waals surface area contributed by atoms with Crippen LogP contribution in [0.5, 0.6) is 0 Å². The Hall–Kier alpha value is -2.43. The highest BCUT2D eigenvalue weighted by Crippen LogP contribution is 2.17. The Morgan fingerprint density at radius 3 is 2.63 bits per heavy atom. The van der Waals surface area contributed by atoms with Crippen molar-refractivity contribution in [3.63, 3.8) is 0 Å². The molecule has 5 heteroatoms. The van der Waals surface area contributed by atoms with E-state index in [2.05, 4.69) is 4.98 Å². The maximum Gasteiger partial charge on any atom is 0.142 e. The summed E-state index contributed by atoms with van der Waals surface area (Å²) in [5.41, 5.74) is 7.74. The number of nitrogens with zero attached hydrogens (tertiary/aromatic N) is 2. The molecule has 0 radical (unpaired) electrons. The monoisotopic (exact) mass is 258 g/mol. The van der Waals surface area contributed by atoms with Gasteiger partial charge in [0.15, 0.2) is 0 Å². The van der Waals surface area contributed by atoms with Gasteiger partial charge in [-0.1, -0.05) is 6.07 Å². The van der Waals surface area contributed by atoms with Crippen molar-refractivity contribution in [2.24, 2.45) is 5.73 Å². The highest BCUT2D eigenvalue weighted by Gasteiger charge is 2.09. The van der Waals surface area contributed by atoms with Crippen LogP contribution in [0.1, 0.15) is 11.3 Å². The van der Waals surface area contributed by atoms with E-state index in [-0.39, 0.29) is 11.7 Å². The number of nitrogens with one attached hydrogen (secondary N) is 1. The molecule has 1 aromatic heterocycles. The average molecular weight is 258 g/mol. The van der Waals surface area contributed by atoms with Gasteiger partial charge < -0.3 is 10.6 Å². The molecule has 0 spiro atoms. The molecule has 1 heterocycles. The summed E-state index contributed by atoms with van der Waals surface area (Å²) in [6.07, 6.45) is 1.61. The molecular formula is C14H15FN4. The molecule has 2 rings (SSSR count). The van der Waals surface area contributed by atoms with Gasteiger partial charge in [-0.2, -0.15) is 0 Å². The fourth-order valence-electron chi connectivity index (χ4n) is 1.85. The minimum Gasteiger partial charge on any atom is -0.382 e. The largest absolute Gasteiger partial charge is 0.382 e. The maximum atomic E-state index is 12.9. The summed E-state index contributed by atoms with van der Waals surface area (Å²) in [5.74, 6) is -0.314. The van der Waals surface area contributed by atoms with E-state index in [0.29, 0.717) is 12.2 Å². The van der Waals surface area contributed by atoms with Crippen molar-refractivity contribution in [1.29, 1.82) is 5.41 Å². The Labute approximate surface area is 111 Å². The average Bonchev–Trinajstić information content (AvgIpc) is 2.39. The lowest BCUT2D eigenvalue weighted by Crippen LogP contribution is -2.22. The predicted molar refractivity (Wildman–Crippen MR) is 73.8 cm³/mol. The van der Waals surface area contributed by atoms with Crippen LogP contribution in [0.15, 0.2) is 42.6 Å². The van der Waals surface area contributed by atoms with Crippen LogP contribution in [-0.2, 0) is 6.54 Å². The number of benzene rings is 1. The Morgan fingerprint density at radius 2 is 2.00 bits per heavy atom. The Balaban J connectivity index is 2.21. The first-order valence-corrected chi connectivity index (χ1v) is 5.83. The van der Waals surface area contributed by atoms with E-state index in [1.54, 1.807) is 24.4 Å². The number of amidine groups is 1. The lowest BCUT2D eigenvalue weighted by molar-refractivity contribution is 0.627. The predicted octanol–water partition coefficient (Wildman–Crippen LogP) is 2.14. The van der Waals surface area contributed by atoms with Crippen LogP contribution < -0.4 is 10.6 Å². The second kappa shape index (κ2) is 5.48. The lowest BCUT2D eigenvalue weighted by atomic mass is 10.1. The third-order valence-electron chi connectivity index (χ3n) is 2.82. The van der Waals surface area contributed by atoms with Crippen LogP contribution in [0.4, 0.5) is 10.1 Å². The van der Waals surface area contributed by atoms with Crippen molar-refractivity contribution < 1.29 is 4.39 Å². The first-order valence-electron chi connectivity index (χ1n) is 5.83. The number of pyridine rings is 1. The Bertz CT molecular complexity index is 580. The smallest absolute Gasteiger partial charge is 0.142 e. The molecule has 19 heavy (non-hydrogen) atoms. The maximum absolute atomic E-state index is 12.9. The molecule has 0 unspecified atom stereocenters. The molecule has 0 atom stereocenters. The van der Waals surface area contributed by atoms with Crippen LogP contribution in [0, 0.1) is 11.2 Å². The molecule has 3 N–H and O–H groups in total. The van der Waals surface area contributed by atoms with Crippen molar-refractivity contribution in [2.45, 2.75) is 6.54 Å². The number of nitrogen functional groups attached to an aromatic ring is 1. The van der Waals surface area contributed by atoms with E-state index >= 15 is 0 Å². The third-order valence-corrected chi connectivity index (χ3v) is 2.82. The lowest BCUT2D eigenvalue weighted by Gasteiger charge is -2.20. The zero-order chi connectivity index (χ0) is 13.8. The van der Waals surface area contributed by atoms with Crippen LogP contribution in [0.25, 0.3) is 0 Å². The molecule has 0 aliphatic rings. The summed E-state index contributed by atoms with van der Waals surface area (Å²) in [6, 6.07) is 9.93. The standard InChI is InChI=1S/C14H15FN4/c1-19(12-6-4-11(15)5-7-12)9-10-3-2-8-18-13(10)14(16)17/h2-8H,9H2,1H3,(H3,16,17). The molecule has 0 saturated carbocycles. The first kappa shape index (κ1) is 13.0. The fraction of sp³-hybridized carbons (Fsp3) is 0.143. The normalized spacial score (nSPS) is 10.2. The van der Waals surface area contributed by atoms with E-state index in [9.17, 15) is 4.39 Å². The highest BCUT2D eigenvalue weighted by atomic mass is 19.1. The Kier molecular flexibility index (Phi) is 3.75. The minimum absolute atomic E-state index is 0.0527.